The third-order valence-corrected chi connectivity index (χ3v) is 5.39. The first kappa shape index (κ1) is 20.0. The Bertz CT molecular complexity index is 1230. The van der Waals surface area contributed by atoms with Gasteiger partial charge in [0.05, 0.1) is 5.69 Å². The van der Waals surface area contributed by atoms with E-state index in [9.17, 15) is 4.79 Å². The van der Waals surface area contributed by atoms with Gasteiger partial charge >= 0.3 is 0 Å². The highest BCUT2D eigenvalue weighted by Crippen LogP contribution is 2.30. The van der Waals surface area contributed by atoms with E-state index in [1.807, 2.05) is 63.2 Å². The van der Waals surface area contributed by atoms with Crippen LogP contribution >= 0.6 is 11.6 Å². The number of aromatic amines is 1. The molecule has 2 N–H and O–H groups in total. The fourth-order valence-electron chi connectivity index (χ4n) is 3.39. The second kappa shape index (κ2) is 8.20. The lowest BCUT2D eigenvalue weighted by atomic mass is 10.1. The number of carbonyl (C=O) groups excluding carboxylic acids is 1. The second-order valence-corrected chi connectivity index (χ2v) is 7.70. The Kier molecular flexibility index (Phi) is 5.46. The number of benzene rings is 2. The van der Waals surface area contributed by atoms with E-state index < -0.39 is 0 Å². The molecule has 0 radical (unpaired) electrons. The zero-order chi connectivity index (χ0) is 21.3. The van der Waals surface area contributed by atoms with Gasteiger partial charge in [-0.05, 0) is 61.7 Å². The van der Waals surface area contributed by atoms with Crippen molar-refractivity contribution in [2.45, 2.75) is 27.4 Å². The number of nitrogens with zero attached hydrogens (tertiary/aromatic N) is 1. The van der Waals surface area contributed by atoms with Crippen LogP contribution in [0.5, 0.6) is 5.75 Å². The van der Waals surface area contributed by atoms with Gasteiger partial charge < -0.3 is 15.0 Å². The van der Waals surface area contributed by atoms with Crippen molar-refractivity contribution in [1.82, 2.24) is 9.97 Å². The number of anilines is 1. The molecule has 0 saturated carbocycles. The van der Waals surface area contributed by atoms with E-state index >= 15 is 0 Å². The second-order valence-electron chi connectivity index (χ2n) is 7.27. The molecular weight excluding hydrogens is 398 g/mol. The fourth-order valence-corrected chi connectivity index (χ4v) is 3.57. The Morgan fingerprint density at radius 1 is 1.07 bits per heavy atom. The van der Waals surface area contributed by atoms with E-state index in [1.165, 1.54) is 0 Å². The van der Waals surface area contributed by atoms with Crippen molar-refractivity contribution in [2.75, 3.05) is 5.32 Å². The minimum atomic E-state index is -0.255. The normalized spacial score (nSPS) is 10.9. The first-order valence-electron chi connectivity index (χ1n) is 9.66. The van der Waals surface area contributed by atoms with Crippen molar-refractivity contribution in [3.63, 3.8) is 0 Å². The maximum atomic E-state index is 12.8. The number of H-pyrrole nitrogens is 1. The molecule has 4 aromatic rings. The highest BCUT2D eigenvalue weighted by Gasteiger charge is 2.17. The van der Waals surface area contributed by atoms with Crippen molar-refractivity contribution >= 4 is 34.2 Å². The molecule has 0 aliphatic rings. The number of aromatic nitrogens is 2. The van der Waals surface area contributed by atoms with Crippen molar-refractivity contribution in [1.29, 1.82) is 0 Å². The molecular formula is C24H22ClN3O2. The number of rotatable bonds is 5. The van der Waals surface area contributed by atoms with E-state index in [4.69, 9.17) is 16.3 Å². The smallest absolute Gasteiger partial charge is 0.273 e. The highest BCUT2D eigenvalue weighted by molar-refractivity contribution is 6.31. The summed E-state index contributed by atoms with van der Waals surface area (Å²) in [7, 11) is 0. The van der Waals surface area contributed by atoms with Gasteiger partial charge in [-0.3, -0.25) is 4.79 Å². The number of aryl methyl sites for hydroxylation is 1. The van der Waals surface area contributed by atoms with Crippen LogP contribution in [0.2, 0.25) is 5.02 Å². The van der Waals surface area contributed by atoms with Gasteiger partial charge in [-0.1, -0.05) is 41.9 Å². The summed E-state index contributed by atoms with van der Waals surface area (Å²) in [5, 5.41) is 4.43. The topological polar surface area (TPSA) is 67.0 Å². The summed E-state index contributed by atoms with van der Waals surface area (Å²) >= 11 is 6.04. The zero-order valence-corrected chi connectivity index (χ0v) is 17.8. The van der Waals surface area contributed by atoms with Gasteiger partial charge in [0, 0.05) is 15.9 Å². The van der Waals surface area contributed by atoms with Crippen LogP contribution in [0.1, 0.15) is 32.9 Å². The largest absolute Gasteiger partial charge is 0.487 e. The average molecular weight is 420 g/mol. The van der Waals surface area contributed by atoms with Gasteiger partial charge in [-0.25, -0.2) is 4.98 Å². The fraction of sp³-hybridized carbons (Fsp3) is 0.167. The summed E-state index contributed by atoms with van der Waals surface area (Å²) in [5.41, 5.74) is 4.95. The molecule has 0 aliphatic heterocycles. The summed E-state index contributed by atoms with van der Waals surface area (Å²) in [6, 6.07) is 17.2. The highest BCUT2D eigenvalue weighted by atomic mass is 35.5. The lowest BCUT2D eigenvalue weighted by Gasteiger charge is -2.17. The maximum Gasteiger partial charge on any atom is 0.273 e. The van der Waals surface area contributed by atoms with Crippen LogP contribution in [0, 0.1) is 20.8 Å². The average Bonchev–Trinajstić information content (AvgIpc) is 3.16. The van der Waals surface area contributed by atoms with Crippen molar-refractivity contribution < 1.29 is 9.53 Å². The molecule has 2 heterocycles. The quantitative estimate of drug-likeness (QED) is 0.418. The predicted octanol–water partition coefficient (Wildman–Crippen LogP) is 5.97. The monoisotopic (exact) mass is 419 g/mol. The molecule has 1 amide bonds. The molecule has 30 heavy (non-hydrogen) atoms. The Morgan fingerprint density at radius 3 is 2.60 bits per heavy atom. The number of fused-ring (bicyclic) bond motifs is 1. The lowest BCUT2D eigenvalue weighted by Crippen LogP contribution is -2.16. The van der Waals surface area contributed by atoms with Gasteiger partial charge in [0.1, 0.15) is 23.9 Å². The van der Waals surface area contributed by atoms with E-state index in [-0.39, 0.29) is 5.91 Å². The van der Waals surface area contributed by atoms with Crippen LogP contribution in [0.15, 0.2) is 54.6 Å². The zero-order valence-electron chi connectivity index (χ0n) is 17.0. The van der Waals surface area contributed by atoms with Crippen molar-refractivity contribution in [3.8, 4) is 5.75 Å². The van der Waals surface area contributed by atoms with Crippen molar-refractivity contribution in [3.05, 3.63) is 87.7 Å². The minimum absolute atomic E-state index is 0.255. The summed E-state index contributed by atoms with van der Waals surface area (Å²) < 4.78 is 6.04. The summed E-state index contributed by atoms with van der Waals surface area (Å²) in [6.07, 6.45) is 0. The molecule has 152 valence electrons. The number of hydrogen-bond donors (Lipinski definition) is 2. The van der Waals surface area contributed by atoms with Crippen LogP contribution in [0.3, 0.4) is 0 Å². The van der Waals surface area contributed by atoms with Gasteiger partial charge in [0.15, 0.2) is 0 Å². The molecule has 6 heteroatoms. The molecule has 2 aromatic heterocycles. The molecule has 0 bridgehead atoms. The Morgan fingerprint density at radius 2 is 1.83 bits per heavy atom. The molecule has 0 saturated heterocycles. The van der Waals surface area contributed by atoms with Gasteiger partial charge in [0.2, 0.25) is 0 Å². The Hall–Kier alpha value is -3.31. The molecule has 0 spiro atoms. The lowest BCUT2D eigenvalue weighted by molar-refractivity contribution is 0.102. The standard InChI is InChI=1S/C24H22ClN3O2/c1-14-15(2)23(26-16(3)22(14)30-13-17-7-5-4-6-8-17)28-24(29)21-12-18-11-19(25)9-10-20(18)27-21/h4-12,27H,13H2,1-3H3,(H,26,28,29). The molecule has 2 aromatic carbocycles. The van der Waals surface area contributed by atoms with Crippen LogP contribution in [0.25, 0.3) is 10.9 Å². The number of nitrogens with one attached hydrogen (secondary N) is 2. The Labute approximate surface area is 180 Å². The van der Waals surface area contributed by atoms with Gasteiger partial charge in [-0.2, -0.15) is 0 Å². The molecule has 5 nitrogen and oxygen atoms in total. The van der Waals surface area contributed by atoms with E-state index in [2.05, 4.69) is 15.3 Å². The number of amides is 1. The van der Waals surface area contributed by atoms with Gasteiger partial charge in [0.25, 0.3) is 5.91 Å². The number of halogens is 1. The third kappa shape index (κ3) is 4.02. The van der Waals surface area contributed by atoms with E-state index in [1.54, 1.807) is 12.1 Å². The molecule has 0 atom stereocenters. The van der Waals surface area contributed by atoms with Crippen LogP contribution in [-0.2, 0) is 6.61 Å². The summed E-state index contributed by atoms with van der Waals surface area (Å²) in [6.45, 7) is 6.25. The van der Waals surface area contributed by atoms with E-state index in [0.717, 1.165) is 39.0 Å². The van der Waals surface area contributed by atoms with Crippen LogP contribution < -0.4 is 10.1 Å². The SMILES string of the molecule is Cc1nc(NC(=O)c2cc3cc(Cl)ccc3[nH]2)c(C)c(C)c1OCc1ccccc1. The molecule has 4 rings (SSSR count). The maximum absolute atomic E-state index is 12.8. The third-order valence-electron chi connectivity index (χ3n) is 5.15. The van der Waals surface area contributed by atoms with Crippen LogP contribution in [-0.4, -0.2) is 15.9 Å². The van der Waals surface area contributed by atoms with Crippen LogP contribution in [0.4, 0.5) is 5.82 Å². The Balaban J connectivity index is 1.55. The molecule has 0 aliphatic carbocycles. The number of ether oxygens (including phenoxy) is 1. The first-order valence-corrected chi connectivity index (χ1v) is 10.0. The van der Waals surface area contributed by atoms with E-state index in [0.29, 0.717) is 23.1 Å². The number of hydrogen-bond acceptors (Lipinski definition) is 3. The molecule has 0 fully saturated rings. The summed E-state index contributed by atoms with van der Waals surface area (Å²) in [4.78, 5) is 20.5. The predicted molar refractivity (Wildman–Crippen MR) is 120 cm³/mol. The first-order chi connectivity index (χ1) is 14.4. The summed E-state index contributed by atoms with van der Waals surface area (Å²) in [5.74, 6) is 1.02. The number of pyridine rings is 1. The van der Waals surface area contributed by atoms with Gasteiger partial charge in [-0.15, -0.1) is 0 Å². The number of carbonyl (C=O) groups is 1. The minimum Gasteiger partial charge on any atom is -0.487 e. The van der Waals surface area contributed by atoms with Crippen molar-refractivity contribution in [2.24, 2.45) is 0 Å². The molecule has 0 unspecified atom stereocenters.